The number of benzene rings is 1. The van der Waals surface area contributed by atoms with E-state index in [9.17, 15) is 14.0 Å². The van der Waals surface area contributed by atoms with Gasteiger partial charge < -0.3 is 10.2 Å². The number of carbonyl (C=O) groups is 1. The van der Waals surface area contributed by atoms with Crippen molar-refractivity contribution in [2.24, 2.45) is 5.92 Å². The first kappa shape index (κ1) is 19.4. The Morgan fingerprint density at radius 2 is 2.24 bits per heavy atom. The molecule has 152 valence electrons. The van der Waals surface area contributed by atoms with E-state index < -0.39 is 17.4 Å². The minimum absolute atomic E-state index is 0.0980. The van der Waals surface area contributed by atoms with Crippen LogP contribution in [-0.4, -0.2) is 38.2 Å². The number of piperidine rings is 1. The lowest BCUT2D eigenvalue weighted by Crippen LogP contribution is -2.35. The summed E-state index contributed by atoms with van der Waals surface area (Å²) < 4.78 is 15.7. The summed E-state index contributed by atoms with van der Waals surface area (Å²) in [5, 5.41) is 6.83. The van der Waals surface area contributed by atoms with Gasteiger partial charge in [-0.25, -0.2) is 23.3 Å². The van der Waals surface area contributed by atoms with Crippen molar-refractivity contribution < 1.29 is 9.18 Å². The average Bonchev–Trinajstić information content (AvgIpc) is 3.00. The van der Waals surface area contributed by atoms with Crippen LogP contribution in [0.2, 0.25) is 5.02 Å². The highest BCUT2D eigenvalue weighted by molar-refractivity contribution is 6.31. The van der Waals surface area contributed by atoms with Gasteiger partial charge in [-0.15, -0.1) is 5.10 Å². The fourth-order valence-corrected chi connectivity index (χ4v) is 3.73. The predicted molar refractivity (Wildman–Crippen MR) is 108 cm³/mol. The van der Waals surface area contributed by atoms with E-state index in [0.29, 0.717) is 23.1 Å². The van der Waals surface area contributed by atoms with Gasteiger partial charge in [0.05, 0.1) is 5.02 Å². The number of rotatable bonds is 4. The smallest absolute Gasteiger partial charge is 0.350 e. The Morgan fingerprint density at radius 3 is 3.00 bits per heavy atom. The van der Waals surface area contributed by atoms with Crippen LogP contribution in [0.5, 0.6) is 0 Å². The van der Waals surface area contributed by atoms with E-state index in [0.717, 1.165) is 36.7 Å². The maximum atomic E-state index is 13.3. The summed E-state index contributed by atoms with van der Waals surface area (Å²) in [4.78, 5) is 31.6. The van der Waals surface area contributed by atoms with Gasteiger partial charge in [0, 0.05) is 31.2 Å². The molecule has 1 aromatic carbocycles. The molecule has 1 unspecified atom stereocenters. The Bertz CT molecular complexity index is 1130. The molecular weight excluding hydrogens is 399 g/mol. The van der Waals surface area contributed by atoms with Gasteiger partial charge in [-0.3, -0.25) is 4.79 Å². The molecular formula is C19H20ClFN6O2. The van der Waals surface area contributed by atoms with Crippen LogP contribution >= 0.6 is 11.6 Å². The molecule has 1 aliphatic heterocycles. The summed E-state index contributed by atoms with van der Waals surface area (Å²) in [5.41, 5.74) is 0.327. The van der Waals surface area contributed by atoms with Crippen molar-refractivity contribution in [2.75, 3.05) is 23.3 Å². The van der Waals surface area contributed by atoms with E-state index in [1.165, 1.54) is 22.7 Å². The minimum Gasteiger partial charge on any atom is -0.353 e. The van der Waals surface area contributed by atoms with E-state index in [2.05, 4.69) is 27.2 Å². The number of amides is 1. The molecule has 0 spiro atoms. The largest absolute Gasteiger partial charge is 0.353 e. The van der Waals surface area contributed by atoms with E-state index in [1.807, 2.05) is 0 Å². The lowest BCUT2D eigenvalue weighted by atomic mass is 10.0. The number of hydrogen-bond acceptors (Lipinski definition) is 5. The number of halogens is 2. The van der Waals surface area contributed by atoms with Gasteiger partial charge in [0.1, 0.15) is 12.4 Å². The van der Waals surface area contributed by atoms with Gasteiger partial charge >= 0.3 is 5.69 Å². The van der Waals surface area contributed by atoms with Crippen LogP contribution in [-0.2, 0) is 11.3 Å². The van der Waals surface area contributed by atoms with E-state index in [4.69, 9.17) is 11.6 Å². The van der Waals surface area contributed by atoms with Crippen molar-refractivity contribution in [2.45, 2.75) is 26.3 Å². The number of nitrogens with one attached hydrogen (secondary N) is 1. The van der Waals surface area contributed by atoms with Crippen molar-refractivity contribution in [3.63, 3.8) is 0 Å². The number of carbonyl (C=O) groups excluding carboxylic acids is 1. The zero-order valence-corrected chi connectivity index (χ0v) is 16.6. The van der Waals surface area contributed by atoms with Crippen LogP contribution in [0.3, 0.4) is 0 Å². The van der Waals surface area contributed by atoms with Gasteiger partial charge in [0.15, 0.2) is 5.82 Å². The fourth-order valence-electron chi connectivity index (χ4n) is 3.55. The molecule has 0 bridgehead atoms. The molecule has 1 saturated heterocycles. The molecule has 1 aliphatic rings. The number of nitrogens with zero attached hydrogens (tertiary/aromatic N) is 5. The van der Waals surface area contributed by atoms with Crippen LogP contribution < -0.4 is 15.9 Å². The third-order valence-electron chi connectivity index (χ3n) is 4.94. The zero-order chi connectivity index (χ0) is 20.5. The van der Waals surface area contributed by atoms with Crippen LogP contribution in [0.25, 0.3) is 5.65 Å². The quantitative estimate of drug-likeness (QED) is 0.704. The van der Waals surface area contributed by atoms with E-state index in [-0.39, 0.29) is 11.6 Å². The number of anilines is 2. The average molecular weight is 419 g/mol. The van der Waals surface area contributed by atoms with Gasteiger partial charge in [0.25, 0.3) is 0 Å². The SMILES string of the molecule is CC1CCCN(c2nccn3c(=O)n(CC(=O)Nc4ccc(F)c(Cl)c4)nc23)C1. The summed E-state index contributed by atoms with van der Waals surface area (Å²) in [6.45, 7) is 3.60. The van der Waals surface area contributed by atoms with Crippen molar-refractivity contribution in [3.8, 4) is 0 Å². The first-order valence-electron chi connectivity index (χ1n) is 9.36. The summed E-state index contributed by atoms with van der Waals surface area (Å²) in [6.07, 6.45) is 5.32. The molecule has 29 heavy (non-hydrogen) atoms. The van der Waals surface area contributed by atoms with Gasteiger partial charge in [-0.05, 0) is 37.0 Å². The predicted octanol–water partition coefficient (Wildman–Crippen LogP) is 2.56. The third-order valence-corrected chi connectivity index (χ3v) is 5.23. The molecule has 8 nitrogen and oxygen atoms in total. The van der Waals surface area contributed by atoms with Gasteiger partial charge in [-0.1, -0.05) is 18.5 Å². The summed E-state index contributed by atoms with van der Waals surface area (Å²) in [7, 11) is 0. The Morgan fingerprint density at radius 1 is 1.41 bits per heavy atom. The molecule has 2 aromatic heterocycles. The highest BCUT2D eigenvalue weighted by Gasteiger charge is 2.22. The van der Waals surface area contributed by atoms with Crippen LogP contribution in [0, 0.1) is 11.7 Å². The Balaban J connectivity index is 1.58. The summed E-state index contributed by atoms with van der Waals surface area (Å²) >= 11 is 5.73. The first-order chi connectivity index (χ1) is 13.9. The third kappa shape index (κ3) is 3.95. The highest BCUT2D eigenvalue weighted by Crippen LogP contribution is 2.23. The number of fused-ring (bicyclic) bond motifs is 1. The molecule has 0 aliphatic carbocycles. The zero-order valence-electron chi connectivity index (χ0n) is 15.8. The van der Waals surface area contributed by atoms with Gasteiger partial charge in [0.2, 0.25) is 11.6 Å². The van der Waals surface area contributed by atoms with Crippen LogP contribution in [0.15, 0.2) is 35.4 Å². The van der Waals surface area contributed by atoms with Crippen LogP contribution in [0.4, 0.5) is 15.9 Å². The highest BCUT2D eigenvalue weighted by atomic mass is 35.5. The molecule has 1 N–H and O–H groups in total. The monoisotopic (exact) mass is 418 g/mol. The minimum atomic E-state index is -0.576. The van der Waals surface area contributed by atoms with E-state index >= 15 is 0 Å². The molecule has 1 fully saturated rings. The Labute approximate surface area is 170 Å². The summed E-state index contributed by atoms with van der Waals surface area (Å²) in [5.74, 6) is 0.126. The Kier molecular flexibility index (Phi) is 5.23. The maximum Gasteiger partial charge on any atom is 0.350 e. The first-order valence-corrected chi connectivity index (χ1v) is 9.74. The second-order valence-corrected chi connectivity index (χ2v) is 7.66. The summed E-state index contributed by atoms with van der Waals surface area (Å²) in [6, 6.07) is 3.86. The molecule has 4 rings (SSSR count). The Hall–Kier alpha value is -2.94. The van der Waals surface area contributed by atoms with Crippen molar-refractivity contribution in [1.82, 2.24) is 19.2 Å². The second kappa shape index (κ2) is 7.82. The number of aromatic nitrogens is 4. The van der Waals surface area contributed by atoms with Crippen molar-refractivity contribution in [1.29, 1.82) is 0 Å². The standard InChI is InChI=1S/C19H20ClFN6O2/c1-12-3-2-7-25(10-12)17-18-24-27(19(29)26(18)8-6-22-17)11-16(28)23-13-4-5-15(21)14(20)9-13/h4-6,8-9,12H,2-3,7,10-11H2,1H3,(H,23,28). The van der Waals surface area contributed by atoms with E-state index in [1.54, 1.807) is 6.20 Å². The van der Waals surface area contributed by atoms with Crippen LogP contribution in [0.1, 0.15) is 19.8 Å². The fraction of sp³-hybridized carbons (Fsp3) is 0.368. The van der Waals surface area contributed by atoms with Gasteiger partial charge in [-0.2, -0.15) is 0 Å². The lowest BCUT2D eigenvalue weighted by Gasteiger charge is -2.31. The maximum absolute atomic E-state index is 13.3. The van der Waals surface area contributed by atoms with Crippen molar-refractivity contribution in [3.05, 3.63) is 51.9 Å². The molecule has 1 atom stereocenters. The molecule has 10 heteroatoms. The molecule has 0 saturated carbocycles. The topological polar surface area (TPSA) is 84.5 Å². The van der Waals surface area contributed by atoms with Crippen molar-refractivity contribution >= 4 is 34.7 Å². The second-order valence-electron chi connectivity index (χ2n) is 7.26. The lowest BCUT2D eigenvalue weighted by molar-refractivity contribution is -0.117. The molecule has 3 heterocycles. The number of hydrogen-bond donors (Lipinski definition) is 1. The molecule has 0 radical (unpaired) electrons. The normalized spacial score (nSPS) is 16.9. The molecule has 1 amide bonds. The molecule has 3 aromatic rings.